The number of para-hydroxylation sites is 2. The van der Waals surface area contributed by atoms with E-state index in [1.54, 1.807) is 16.3 Å². The number of amides is 2. The quantitative estimate of drug-likeness (QED) is 0.481. The van der Waals surface area contributed by atoms with Crippen molar-refractivity contribution in [3.63, 3.8) is 0 Å². The summed E-state index contributed by atoms with van der Waals surface area (Å²) in [4.78, 5) is 35.9. The molecule has 4 bridgehead atoms. The molecule has 0 aromatic heterocycles. The van der Waals surface area contributed by atoms with Gasteiger partial charge >= 0.3 is 6.09 Å². The van der Waals surface area contributed by atoms with E-state index in [4.69, 9.17) is 10.6 Å². The molecular weight excluding hydrogens is 580 g/mol. The number of sulfonamides is 1. The van der Waals surface area contributed by atoms with Gasteiger partial charge in [-0.3, -0.25) is 4.79 Å². The lowest BCUT2D eigenvalue weighted by molar-refractivity contribution is -0.145. The van der Waals surface area contributed by atoms with Crippen molar-refractivity contribution < 1.29 is 22.8 Å². The number of anilines is 4. The Bertz CT molecular complexity index is 1510. The van der Waals surface area contributed by atoms with Gasteiger partial charge in [0.1, 0.15) is 0 Å². The van der Waals surface area contributed by atoms with Gasteiger partial charge < -0.3 is 25.7 Å². The van der Waals surface area contributed by atoms with Gasteiger partial charge in [0.05, 0.1) is 23.7 Å². The normalized spacial score (nSPS) is 29.8. The molecule has 2 heterocycles. The first-order chi connectivity index (χ1) is 21.2. The first-order valence-corrected chi connectivity index (χ1v) is 17.5. The number of piperazine rings is 1. The highest BCUT2D eigenvalue weighted by atomic mass is 32.2. The second-order valence-corrected chi connectivity index (χ2v) is 15.5. The summed E-state index contributed by atoms with van der Waals surface area (Å²) in [5.74, 6) is 1.01. The lowest BCUT2D eigenvalue weighted by atomic mass is 9.47. The Hall–Kier alpha value is -3.51. The van der Waals surface area contributed by atoms with Gasteiger partial charge in [-0.2, -0.15) is 4.31 Å². The van der Waals surface area contributed by atoms with Crippen LogP contribution in [0.15, 0.2) is 48.5 Å². The summed E-state index contributed by atoms with van der Waals surface area (Å²) in [5.41, 5.74) is 9.33. The SMILES string of the molecule is CCS(=O)(=O)N1CCN(c2ccc(N3CCN(OC(=O)NC4[C@@H]5CC6C[C@H]4CC(C(N)=O)(C6)C5)c4ccccc43)cc2)CC1. The molecule has 6 aliphatic rings. The van der Waals surface area contributed by atoms with E-state index >= 15 is 0 Å². The number of nitrogens with one attached hydrogen (secondary N) is 1. The van der Waals surface area contributed by atoms with Gasteiger partial charge in [-0.15, -0.1) is 0 Å². The highest BCUT2D eigenvalue weighted by molar-refractivity contribution is 7.89. The van der Waals surface area contributed by atoms with Gasteiger partial charge in [0, 0.05) is 55.6 Å². The predicted molar refractivity (Wildman–Crippen MR) is 169 cm³/mol. The predicted octanol–water partition coefficient (Wildman–Crippen LogP) is 3.44. The Morgan fingerprint density at radius 1 is 0.886 bits per heavy atom. The maximum Gasteiger partial charge on any atom is 0.431 e. The van der Waals surface area contributed by atoms with Crippen molar-refractivity contribution in [1.29, 1.82) is 0 Å². The van der Waals surface area contributed by atoms with Gasteiger partial charge in [0.15, 0.2) is 0 Å². The zero-order valence-corrected chi connectivity index (χ0v) is 26.0. The highest BCUT2D eigenvalue weighted by Crippen LogP contribution is 2.60. The van der Waals surface area contributed by atoms with E-state index in [9.17, 15) is 18.0 Å². The van der Waals surface area contributed by atoms with Crippen molar-refractivity contribution in [2.75, 3.05) is 59.9 Å². The second-order valence-electron chi connectivity index (χ2n) is 13.2. The number of benzene rings is 2. The molecule has 236 valence electrons. The zero-order valence-electron chi connectivity index (χ0n) is 25.2. The molecule has 2 aromatic carbocycles. The Kier molecular flexibility index (Phi) is 7.39. The van der Waals surface area contributed by atoms with E-state index < -0.39 is 21.5 Å². The van der Waals surface area contributed by atoms with Gasteiger partial charge in [-0.1, -0.05) is 12.1 Å². The molecule has 1 saturated heterocycles. The number of nitrogens with zero attached hydrogens (tertiary/aromatic N) is 4. The largest absolute Gasteiger partial charge is 0.431 e. The third-order valence-corrected chi connectivity index (χ3v) is 12.6. The van der Waals surface area contributed by atoms with Crippen LogP contribution in [0.2, 0.25) is 0 Å². The molecular formula is C32H42N6O5S. The maximum atomic E-state index is 13.2. The average molecular weight is 623 g/mol. The van der Waals surface area contributed by atoms with E-state index in [-0.39, 0.29) is 29.5 Å². The van der Waals surface area contributed by atoms with Gasteiger partial charge in [0.25, 0.3) is 0 Å². The molecule has 5 fully saturated rings. The van der Waals surface area contributed by atoms with E-state index in [0.29, 0.717) is 45.2 Å². The van der Waals surface area contributed by atoms with Gasteiger partial charge in [0.2, 0.25) is 15.9 Å². The summed E-state index contributed by atoms with van der Waals surface area (Å²) >= 11 is 0. The van der Waals surface area contributed by atoms with Crippen LogP contribution in [0.25, 0.3) is 0 Å². The van der Waals surface area contributed by atoms with E-state index in [0.717, 1.165) is 54.9 Å². The molecule has 0 spiro atoms. The number of nitrogens with two attached hydrogens (primary N) is 1. The van der Waals surface area contributed by atoms with Crippen molar-refractivity contribution >= 4 is 44.8 Å². The lowest BCUT2D eigenvalue weighted by Gasteiger charge is -2.58. The zero-order chi connectivity index (χ0) is 30.6. The molecule has 2 aromatic rings. The smallest absolute Gasteiger partial charge is 0.369 e. The molecule has 4 aliphatic carbocycles. The molecule has 44 heavy (non-hydrogen) atoms. The standard InChI is InChI=1S/C32H42N6O5S/c1-2-44(41,42)36-13-11-35(12-14-36)25-7-9-26(10-8-25)37-15-16-38(28-6-4-3-5-27(28)37)43-31(40)34-29-23-17-22-18-24(29)21-32(19-22,20-23)30(33)39/h3-10,22-24,29H,2,11-21H2,1H3,(H2,33,39)(H,34,40)/t22?,23-,24+,29?,32?. The fourth-order valence-electron chi connectivity index (χ4n) is 8.77. The van der Waals surface area contributed by atoms with Crippen LogP contribution >= 0.6 is 0 Å². The van der Waals surface area contributed by atoms with Crippen molar-refractivity contribution in [2.45, 2.75) is 45.1 Å². The number of hydrogen-bond acceptors (Lipinski definition) is 8. The molecule has 12 heteroatoms. The minimum absolute atomic E-state index is 0.0144. The summed E-state index contributed by atoms with van der Waals surface area (Å²) in [6, 6.07) is 16.3. The van der Waals surface area contributed by atoms with Crippen molar-refractivity contribution in [1.82, 2.24) is 9.62 Å². The summed E-state index contributed by atoms with van der Waals surface area (Å²) < 4.78 is 26.0. The molecule has 8 rings (SSSR count). The summed E-state index contributed by atoms with van der Waals surface area (Å²) in [6.07, 6.45) is 4.05. The number of carbonyl (C=O) groups is 2. The van der Waals surface area contributed by atoms with E-state index in [1.165, 1.54) is 0 Å². The number of fused-ring (bicyclic) bond motifs is 1. The average Bonchev–Trinajstić information content (AvgIpc) is 3.03. The van der Waals surface area contributed by atoms with Crippen LogP contribution in [-0.2, 0) is 19.7 Å². The van der Waals surface area contributed by atoms with Crippen molar-refractivity contribution in [3.05, 3.63) is 48.5 Å². The third-order valence-electron chi connectivity index (χ3n) is 10.8. The van der Waals surface area contributed by atoms with Gasteiger partial charge in [-0.05, 0) is 93.2 Å². The molecule has 5 atom stereocenters. The molecule has 4 saturated carbocycles. The van der Waals surface area contributed by atoms with Crippen LogP contribution in [0, 0.1) is 23.2 Å². The fourth-order valence-corrected chi connectivity index (χ4v) is 9.86. The lowest BCUT2D eigenvalue weighted by Crippen LogP contribution is -2.62. The molecule has 2 aliphatic heterocycles. The first-order valence-electron chi connectivity index (χ1n) is 15.9. The van der Waals surface area contributed by atoms with E-state index in [1.807, 2.05) is 24.3 Å². The topological polar surface area (TPSA) is 129 Å². The number of rotatable bonds is 7. The number of hydrogen-bond donors (Lipinski definition) is 2. The Morgan fingerprint density at radius 3 is 2.16 bits per heavy atom. The van der Waals surface area contributed by atoms with Crippen LogP contribution in [-0.4, -0.2) is 75.8 Å². The number of primary amides is 1. The Morgan fingerprint density at radius 2 is 1.52 bits per heavy atom. The van der Waals surface area contributed by atoms with Crippen LogP contribution in [0.5, 0.6) is 0 Å². The first kappa shape index (κ1) is 29.2. The molecule has 0 radical (unpaired) electrons. The van der Waals surface area contributed by atoms with Crippen LogP contribution in [0.3, 0.4) is 0 Å². The summed E-state index contributed by atoms with van der Waals surface area (Å²) in [6.45, 7) is 5.14. The number of carbonyl (C=O) groups excluding carboxylic acids is 2. The van der Waals surface area contributed by atoms with Crippen LogP contribution in [0.4, 0.5) is 27.5 Å². The molecule has 3 unspecified atom stereocenters. The molecule has 11 nitrogen and oxygen atoms in total. The van der Waals surface area contributed by atoms with Crippen molar-refractivity contribution in [2.24, 2.45) is 28.9 Å². The minimum Gasteiger partial charge on any atom is -0.369 e. The van der Waals surface area contributed by atoms with Gasteiger partial charge in [-0.25, -0.2) is 18.3 Å². The highest BCUT2D eigenvalue weighted by Gasteiger charge is 2.58. The summed E-state index contributed by atoms with van der Waals surface area (Å²) in [5, 5.41) is 4.86. The second kappa shape index (κ2) is 11.1. The monoisotopic (exact) mass is 622 g/mol. The Balaban J connectivity index is 0.998. The minimum atomic E-state index is -3.16. The molecule has 3 N–H and O–H groups in total. The number of hydroxylamine groups is 1. The van der Waals surface area contributed by atoms with Crippen molar-refractivity contribution in [3.8, 4) is 0 Å². The van der Waals surface area contributed by atoms with Crippen LogP contribution in [0.1, 0.15) is 39.0 Å². The summed E-state index contributed by atoms with van der Waals surface area (Å²) in [7, 11) is -3.16. The fraction of sp³-hybridized carbons (Fsp3) is 0.562. The Labute approximate surface area is 259 Å². The maximum absolute atomic E-state index is 13.2. The molecule has 2 amide bonds. The van der Waals surface area contributed by atoms with Crippen LogP contribution < -0.4 is 25.9 Å². The van der Waals surface area contributed by atoms with E-state index in [2.05, 4.69) is 39.4 Å². The third kappa shape index (κ3) is 5.15.